The molecule has 0 aromatic carbocycles. The summed E-state index contributed by atoms with van der Waals surface area (Å²) in [6, 6.07) is 0. The number of esters is 1. The molecule has 0 saturated carbocycles. The first-order valence-corrected chi connectivity index (χ1v) is 9.51. The van der Waals surface area contributed by atoms with Crippen LogP contribution in [0.15, 0.2) is 5.16 Å². The van der Waals surface area contributed by atoms with E-state index in [1.54, 1.807) is 0 Å². The lowest BCUT2D eigenvalue weighted by atomic mass is 10.1. The smallest absolute Gasteiger partial charge is 0.308 e. The summed E-state index contributed by atoms with van der Waals surface area (Å²) in [6.07, 6.45) is 1.65. The maximum atomic E-state index is 12.4. The fourth-order valence-electron chi connectivity index (χ4n) is 2.89. The van der Waals surface area contributed by atoms with E-state index in [0.717, 1.165) is 23.9 Å². The van der Waals surface area contributed by atoms with Gasteiger partial charge in [-0.3, -0.25) is 4.79 Å². The number of hydrogen-bond acceptors (Lipinski definition) is 9. The molecule has 2 fully saturated rings. The molecule has 134 valence electrons. The van der Waals surface area contributed by atoms with Crippen molar-refractivity contribution in [2.75, 3.05) is 12.4 Å². The Morgan fingerprint density at radius 3 is 2.88 bits per heavy atom. The van der Waals surface area contributed by atoms with E-state index >= 15 is 0 Å². The fourth-order valence-corrected chi connectivity index (χ4v) is 4.33. The average Bonchev–Trinajstić information content (AvgIpc) is 2.94. The molecular formula is C13H20N4O6S. The number of aryl methyl sites for hydroxylation is 1. The molecule has 1 aromatic rings. The predicted molar refractivity (Wildman–Crippen MR) is 78.4 cm³/mol. The van der Waals surface area contributed by atoms with Gasteiger partial charge in [0.25, 0.3) is 5.16 Å². The second-order valence-electron chi connectivity index (χ2n) is 5.97. The van der Waals surface area contributed by atoms with Crippen molar-refractivity contribution in [3.8, 4) is 0 Å². The Hall–Kier alpha value is -1.59. The lowest BCUT2D eigenvalue weighted by molar-refractivity contribution is -0.207. The van der Waals surface area contributed by atoms with Crippen LogP contribution in [0.4, 0.5) is 0 Å². The lowest BCUT2D eigenvalue weighted by Crippen LogP contribution is -2.40. The van der Waals surface area contributed by atoms with E-state index in [1.807, 2.05) is 0 Å². The Morgan fingerprint density at radius 2 is 2.21 bits per heavy atom. The van der Waals surface area contributed by atoms with Crippen molar-refractivity contribution in [2.24, 2.45) is 7.05 Å². The maximum absolute atomic E-state index is 12.4. The molecule has 3 heterocycles. The molecule has 0 spiro atoms. The van der Waals surface area contributed by atoms with Crippen LogP contribution in [-0.4, -0.2) is 65.5 Å². The van der Waals surface area contributed by atoms with E-state index in [4.69, 9.17) is 14.2 Å². The largest absolute Gasteiger partial charge is 0.461 e. The summed E-state index contributed by atoms with van der Waals surface area (Å²) in [6.45, 7) is 0.638. The van der Waals surface area contributed by atoms with Gasteiger partial charge in [0.2, 0.25) is 9.84 Å². The molecule has 2 aliphatic heterocycles. The fraction of sp³-hybridized carbons (Fsp3) is 0.846. The van der Waals surface area contributed by atoms with Crippen molar-refractivity contribution in [1.29, 1.82) is 0 Å². The normalized spacial score (nSPS) is 28.5. The third-order valence-electron chi connectivity index (χ3n) is 3.97. The van der Waals surface area contributed by atoms with Gasteiger partial charge in [0, 0.05) is 20.1 Å². The highest BCUT2D eigenvalue weighted by Crippen LogP contribution is 2.24. The van der Waals surface area contributed by atoms with Crippen molar-refractivity contribution >= 4 is 15.8 Å². The molecule has 1 aromatic heterocycles. The van der Waals surface area contributed by atoms with Crippen molar-refractivity contribution in [3.05, 3.63) is 0 Å². The lowest BCUT2D eigenvalue weighted by Gasteiger charge is -2.32. The number of ether oxygens (including phenoxy) is 3. The predicted octanol–water partition coefficient (Wildman–Crippen LogP) is -0.399. The van der Waals surface area contributed by atoms with E-state index in [2.05, 4.69) is 15.5 Å². The number of hydrogen-bond donors (Lipinski definition) is 0. The van der Waals surface area contributed by atoms with Gasteiger partial charge in [0.05, 0.1) is 18.3 Å². The SMILES string of the molecule is Cn1nnnc1S(=O)(=O)C[C@@H]1C[C@@H](OC2CCCCO2)CC(=O)O1. The maximum Gasteiger partial charge on any atom is 0.308 e. The Bertz CT molecular complexity index is 684. The third kappa shape index (κ3) is 4.08. The summed E-state index contributed by atoms with van der Waals surface area (Å²) < 4.78 is 42.3. The zero-order valence-corrected chi connectivity index (χ0v) is 14.1. The second kappa shape index (κ2) is 7.11. The molecule has 2 saturated heterocycles. The molecule has 0 amide bonds. The van der Waals surface area contributed by atoms with Gasteiger partial charge >= 0.3 is 5.97 Å². The molecular weight excluding hydrogens is 340 g/mol. The number of carbonyl (C=O) groups excluding carboxylic acids is 1. The number of sulfone groups is 1. The van der Waals surface area contributed by atoms with Crippen molar-refractivity contribution in [1.82, 2.24) is 20.2 Å². The van der Waals surface area contributed by atoms with Gasteiger partial charge in [-0.15, -0.1) is 0 Å². The summed E-state index contributed by atoms with van der Waals surface area (Å²) in [4.78, 5) is 11.8. The molecule has 3 rings (SSSR count). The van der Waals surface area contributed by atoms with Gasteiger partial charge in [0.1, 0.15) is 6.10 Å². The molecule has 11 heteroatoms. The van der Waals surface area contributed by atoms with E-state index in [9.17, 15) is 13.2 Å². The van der Waals surface area contributed by atoms with Crippen molar-refractivity contribution in [2.45, 2.75) is 55.8 Å². The molecule has 0 bridgehead atoms. The number of aromatic nitrogens is 4. The zero-order valence-electron chi connectivity index (χ0n) is 13.3. The number of nitrogens with zero attached hydrogens (tertiary/aromatic N) is 4. The second-order valence-corrected chi connectivity index (χ2v) is 7.90. The first-order chi connectivity index (χ1) is 11.4. The summed E-state index contributed by atoms with van der Waals surface area (Å²) in [5.74, 6) is -0.850. The van der Waals surface area contributed by atoms with Crippen LogP contribution in [0.5, 0.6) is 0 Å². The third-order valence-corrected chi connectivity index (χ3v) is 5.68. The highest BCUT2D eigenvalue weighted by molar-refractivity contribution is 7.91. The van der Waals surface area contributed by atoms with Crippen LogP contribution in [0.1, 0.15) is 32.1 Å². The minimum Gasteiger partial charge on any atom is -0.461 e. The van der Waals surface area contributed by atoms with Crippen LogP contribution in [0.25, 0.3) is 0 Å². The molecule has 0 N–H and O–H groups in total. The minimum absolute atomic E-state index is 0.0991. The molecule has 10 nitrogen and oxygen atoms in total. The standard InChI is InChI=1S/C13H20N4O6S/c1-17-13(14-15-16-17)24(19,20)8-10-6-9(7-11(18)22-10)23-12-4-2-3-5-21-12/h9-10,12H,2-8H2,1H3/t9-,10+,12?/m1/s1. The Labute approximate surface area is 139 Å². The van der Waals surface area contributed by atoms with Crippen LogP contribution < -0.4 is 0 Å². The summed E-state index contributed by atoms with van der Waals surface area (Å²) in [5.41, 5.74) is 0. The Morgan fingerprint density at radius 1 is 1.38 bits per heavy atom. The number of rotatable bonds is 5. The van der Waals surface area contributed by atoms with Gasteiger partial charge in [0.15, 0.2) is 6.29 Å². The highest BCUT2D eigenvalue weighted by Gasteiger charge is 2.36. The van der Waals surface area contributed by atoms with Gasteiger partial charge in [-0.2, -0.15) is 0 Å². The van der Waals surface area contributed by atoms with Gasteiger partial charge in [-0.25, -0.2) is 13.1 Å². The van der Waals surface area contributed by atoms with E-state index in [-0.39, 0.29) is 23.6 Å². The molecule has 0 aliphatic carbocycles. The van der Waals surface area contributed by atoms with Crippen LogP contribution >= 0.6 is 0 Å². The molecule has 0 radical (unpaired) electrons. The van der Waals surface area contributed by atoms with Gasteiger partial charge in [-0.1, -0.05) is 5.10 Å². The Balaban J connectivity index is 1.63. The minimum atomic E-state index is -3.76. The average molecular weight is 360 g/mol. The van der Waals surface area contributed by atoms with E-state index in [0.29, 0.717) is 13.0 Å². The number of cyclic esters (lactones) is 1. The van der Waals surface area contributed by atoms with Gasteiger partial charge in [-0.05, 0) is 29.7 Å². The van der Waals surface area contributed by atoms with Crippen LogP contribution in [0, 0.1) is 0 Å². The monoisotopic (exact) mass is 360 g/mol. The molecule has 3 atom stereocenters. The number of carbonyl (C=O) groups is 1. The summed E-state index contributed by atoms with van der Waals surface area (Å²) >= 11 is 0. The first-order valence-electron chi connectivity index (χ1n) is 7.86. The first kappa shape index (κ1) is 17.2. The van der Waals surface area contributed by atoms with Crippen molar-refractivity contribution in [3.63, 3.8) is 0 Å². The van der Waals surface area contributed by atoms with Crippen LogP contribution in [0.3, 0.4) is 0 Å². The highest BCUT2D eigenvalue weighted by atomic mass is 32.2. The van der Waals surface area contributed by atoms with E-state index in [1.165, 1.54) is 7.05 Å². The van der Waals surface area contributed by atoms with Gasteiger partial charge < -0.3 is 14.2 Å². The molecule has 1 unspecified atom stereocenters. The molecule has 24 heavy (non-hydrogen) atoms. The Kier molecular flexibility index (Phi) is 5.11. The van der Waals surface area contributed by atoms with Crippen molar-refractivity contribution < 1.29 is 27.4 Å². The topological polar surface area (TPSA) is 123 Å². The number of tetrazole rings is 1. The summed E-state index contributed by atoms with van der Waals surface area (Å²) in [7, 11) is -2.33. The zero-order chi connectivity index (χ0) is 17.2. The quantitative estimate of drug-likeness (QED) is 0.645. The molecule has 2 aliphatic rings. The van der Waals surface area contributed by atoms with Crippen LogP contribution in [0.2, 0.25) is 0 Å². The van der Waals surface area contributed by atoms with Crippen LogP contribution in [-0.2, 0) is 35.9 Å². The van der Waals surface area contributed by atoms with E-state index < -0.39 is 28.0 Å². The summed E-state index contributed by atoms with van der Waals surface area (Å²) in [5, 5.41) is 10.1.